The van der Waals surface area contributed by atoms with E-state index in [2.05, 4.69) is 4.74 Å². The minimum Gasteiger partial charge on any atom is -0.480 e. The number of benzene rings is 1. The molecular formula is C11H12O4S. The summed E-state index contributed by atoms with van der Waals surface area (Å²) in [5, 5.41) is 7.67. The van der Waals surface area contributed by atoms with Crippen molar-refractivity contribution in [3.05, 3.63) is 35.9 Å². The van der Waals surface area contributed by atoms with Crippen LogP contribution in [0.5, 0.6) is 0 Å². The summed E-state index contributed by atoms with van der Waals surface area (Å²) in [5.41, 5.74) is 0.975. The molecule has 1 atom stereocenters. The van der Waals surface area contributed by atoms with Gasteiger partial charge in [0.1, 0.15) is 0 Å². The van der Waals surface area contributed by atoms with E-state index in [4.69, 9.17) is 5.11 Å². The van der Waals surface area contributed by atoms with E-state index in [-0.39, 0.29) is 0 Å². The van der Waals surface area contributed by atoms with Gasteiger partial charge in [0.05, 0.1) is 7.11 Å². The quantitative estimate of drug-likeness (QED) is 0.625. The molecule has 0 fully saturated rings. The summed E-state index contributed by atoms with van der Waals surface area (Å²) < 4.78 is 4.42. The van der Waals surface area contributed by atoms with Gasteiger partial charge < -0.3 is 9.84 Å². The van der Waals surface area contributed by atoms with Crippen molar-refractivity contribution in [2.24, 2.45) is 0 Å². The summed E-state index contributed by atoms with van der Waals surface area (Å²) >= 11 is 1.04. The first-order valence-corrected chi connectivity index (χ1v) is 5.66. The molecule has 0 saturated carbocycles. The molecule has 0 aliphatic carbocycles. The van der Waals surface area contributed by atoms with Crippen molar-refractivity contribution in [3.8, 4) is 0 Å². The van der Waals surface area contributed by atoms with Crippen LogP contribution in [0.1, 0.15) is 5.56 Å². The second-order valence-electron chi connectivity index (χ2n) is 3.04. The summed E-state index contributed by atoms with van der Waals surface area (Å²) in [6.07, 6.45) is 0. The smallest absolute Gasteiger partial charge is 0.330 e. The number of carbonyl (C=O) groups is 2. The number of thioether (sulfide) groups is 1. The highest BCUT2D eigenvalue weighted by Crippen LogP contribution is 2.19. The first-order valence-electron chi connectivity index (χ1n) is 4.61. The van der Waals surface area contributed by atoms with E-state index < -0.39 is 17.2 Å². The van der Waals surface area contributed by atoms with Gasteiger partial charge in [0, 0.05) is 5.75 Å². The number of hydrogen-bond donors (Lipinski definition) is 1. The van der Waals surface area contributed by atoms with Crippen LogP contribution in [0.25, 0.3) is 0 Å². The van der Waals surface area contributed by atoms with Crippen LogP contribution in [-0.4, -0.2) is 29.4 Å². The van der Waals surface area contributed by atoms with E-state index in [9.17, 15) is 9.59 Å². The molecule has 4 nitrogen and oxygen atoms in total. The summed E-state index contributed by atoms with van der Waals surface area (Å²) in [6.45, 7) is 0. The highest BCUT2D eigenvalue weighted by molar-refractivity contribution is 8.00. The lowest BCUT2D eigenvalue weighted by atomic mass is 10.2. The second kappa shape index (κ2) is 6.17. The molecule has 5 heteroatoms. The minimum absolute atomic E-state index is 0.465. The molecule has 0 spiro atoms. The third-order valence-corrected chi connectivity index (χ3v) is 3.13. The molecule has 86 valence electrons. The average molecular weight is 240 g/mol. The second-order valence-corrected chi connectivity index (χ2v) is 4.13. The zero-order chi connectivity index (χ0) is 12.0. The highest BCUT2D eigenvalue weighted by Gasteiger charge is 2.27. The van der Waals surface area contributed by atoms with Crippen molar-refractivity contribution in [2.75, 3.05) is 7.11 Å². The standard InChI is InChI=1S/C11H12O4S/c1-15-11(14)9(10(12)13)16-7-8-5-3-2-4-6-8/h2-6,9H,7H2,1H3,(H,12,13). The molecule has 1 aromatic rings. The Labute approximate surface area is 97.6 Å². The summed E-state index contributed by atoms with van der Waals surface area (Å²) in [6, 6.07) is 9.36. The molecule has 1 N–H and O–H groups in total. The van der Waals surface area contributed by atoms with Gasteiger partial charge in [0.2, 0.25) is 0 Å². The first kappa shape index (κ1) is 12.6. The van der Waals surface area contributed by atoms with Crippen LogP contribution in [0.3, 0.4) is 0 Å². The maximum Gasteiger partial charge on any atom is 0.330 e. The molecule has 0 radical (unpaired) electrons. The number of carboxylic acids is 1. The number of esters is 1. The molecule has 0 saturated heterocycles. The SMILES string of the molecule is COC(=O)C(SCc1ccccc1)C(=O)O. The number of carbonyl (C=O) groups excluding carboxylic acids is 1. The number of aliphatic carboxylic acids is 1. The number of rotatable bonds is 5. The molecular weight excluding hydrogens is 228 g/mol. The normalized spacial score (nSPS) is 11.8. The van der Waals surface area contributed by atoms with E-state index >= 15 is 0 Å². The van der Waals surface area contributed by atoms with E-state index in [1.807, 2.05) is 30.3 Å². The Morgan fingerprint density at radius 2 is 2.00 bits per heavy atom. The van der Waals surface area contributed by atoms with Gasteiger partial charge >= 0.3 is 11.9 Å². The highest BCUT2D eigenvalue weighted by atomic mass is 32.2. The predicted octanol–water partition coefficient (Wildman–Crippen LogP) is 1.55. The fourth-order valence-electron chi connectivity index (χ4n) is 1.10. The Balaban J connectivity index is 2.57. The van der Waals surface area contributed by atoms with Crippen LogP contribution < -0.4 is 0 Å². The van der Waals surface area contributed by atoms with Gasteiger partial charge in [-0.3, -0.25) is 9.59 Å². The van der Waals surface area contributed by atoms with Gasteiger partial charge in [0.25, 0.3) is 0 Å². The van der Waals surface area contributed by atoms with Gasteiger partial charge in [-0.1, -0.05) is 30.3 Å². The molecule has 1 aromatic carbocycles. The molecule has 16 heavy (non-hydrogen) atoms. The lowest BCUT2D eigenvalue weighted by Gasteiger charge is -2.09. The molecule has 0 aromatic heterocycles. The Kier molecular flexibility index (Phi) is 4.85. The van der Waals surface area contributed by atoms with Crippen LogP contribution in [0.2, 0.25) is 0 Å². The summed E-state index contributed by atoms with van der Waals surface area (Å²) in [4.78, 5) is 22.0. The third-order valence-electron chi connectivity index (χ3n) is 1.90. The van der Waals surface area contributed by atoms with Crippen molar-refractivity contribution in [2.45, 2.75) is 11.0 Å². The van der Waals surface area contributed by atoms with Crippen molar-refractivity contribution in [3.63, 3.8) is 0 Å². The maximum atomic E-state index is 11.2. The van der Waals surface area contributed by atoms with Crippen LogP contribution in [0.15, 0.2) is 30.3 Å². The molecule has 0 amide bonds. The molecule has 1 rings (SSSR count). The number of ether oxygens (including phenoxy) is 1. The van der Waals surface area contributed by atoms with Gasteiger partial charge in [-0.2, -0.15) is 0 Å². The molecule has 0 aliphatic rings. The Morgan fingerprint density at radius 3 is 2.50 bits per heavy atom. The molecule has 1 unspecified atom stereocenters. The Bertz CT molecular complexity index is 364. The Morgan fingerprint density at radius 1 is 1.38 bits per heavy atom. The lowest BCUT2D eigenvalue weighted by molar-refractivity contribution is -0.148. The maximum absolute atomic E-state index is 11.2. The van der Waals surface area contributed by atoms with Gasteiger partial charge in [-0.25, -0.2) is 0 Å². The van der Waals surface area contributed by atoms with Gasteiger partial charge in [-0.05, 0) is 5.56 Å². The van der Waals surface area contributed by atoms with Crippen molar-refractivity contribution in [1.82, 2.24) is 0 Å². The molecule has 0 bridgehead atoms. The van der Waals surface area contributed by atoms with Gasteiger partial charge in [0.15, 0.2) is 5.25 Å². The average Bonchev–Trinajstić information content (AvgIpc) is 2.30. The number of carboxylic acid groups (broad SMARTS) is 1. The number of hydrogen-bond acceptors (Lipinski definition) is 4. The monoisotopic (exact) mass is 240 g/mol. The van der Waals surface area contributed by atoms with Crippen molar-refractivity contribution < 1.29 is 19.4 Å². The number of methoxy groups -OCH3 is 1. The van der Waals surface area contributed by atoms with E-state index in [1.54, 1.807) is 0 Å². The topological polar surface area (TPSA) is 63.6 Å². The van der Waals surface area contributed by atoms with E-state index in [0.717, 1.165) is 17.3 Å². The van der Waals surface area contributed by atoms with Crippen molar-refractivity contribution >= 4 is 23.7 Å². The zero-order valence-electron chi connectivity index (χ0n) is 8.75. The molecule has 0 heterocycles. The van der Waals surface area contributed by atoms with E-state index in [1.165, 1.54) is 7.11 Å². The zero-order valence-corrected chi connectivity index (χ0v) is 9.57. The van der Waals surface area contributed by atoms with Crippen LogP contribution in [-0.2, 0) is 20.1 Å². The van der Waals surface area contributed by atoms with Crippen LogP contribution in [0.4, 0.5) is 0 Å². The van der Waals surface area contributed by atoms with Crippen LogP contribution >= 0.6 is 11.8 Å². The third kappa shape index (κ3) is 3.58. The fraction of sp³-hybridized carbons (Fsp3) is 0.273. The Hall–Kier alpha value is -1.49. The van der Waals surface area contributed by atoms with Gasteiger partial charge in [-0.15, -0.1) is 11.8 Å². The predicted molar refractivity (Wildman–Crippen MR) is 61.2 cm³/mol. The first-order chi connectivity index (χ1) is 7.65. The van der Waals surface area contributed by atoms with Crippen LogP contribution in [0, 0.1) is 0 Å². The van der Waals surface area contributed by atoms with Crippen molar-refractivity contribution in [1.29, 1.82) is 0 Å². The van der Waals surface area contributed by atoms with E-state index in [0.29, 0.717) is 5.75 Å². The summed E-state index contributed by atoms with van der Waals surface area (Å²) in [7, 11) is 1.18. The molecule has 0 aliphatic heterocycles. The lowest BCUT2D eigenvalue weighted by Crippen LogP contribution is -2.27. The minimum atomic E-state index is -1.17. The summed E-state index contributed by atoms with van der Waals surface area (Å²) in [5.74, 6) is -1.44. The fourth-order valence-corrected chi connectivity index (χ4v) is 2.03. The largest absolute Gasteiger partial charge is 0.480 e.